The Morgan fingerprint density at radius 2 is 1.71 bits per heavy atom. The van der Waals surface area contributed by atoms with Crippen LogP contribution in [0.4, 0.5) is 5.82 Å². The second kappa shape index (κ2) is 6.89. The highest BCUT2D eigenvalue weighted by atomic mass is 79.9. The van der Waals surface area contributed by atoms with Gasteiger partial charge in [-0.3, -0.25) is 4.79 Å². The van der Waals surface area contributed by atoms with E-state index in [0.717, 1.165) is 46.0 Å². The minimum atomic E-state index is 0.0777. The largest absolute Gasteiger partial charge is 0.353 e. The van der Waals surface area contributed by atoms with E-state index in [0.29, 0.717) is 13.1 Å². The summed E-state index contributed by atoms with van der Waals surface area (Å²) in [6, 6.07) is 7.57. The van der Waals surface area contributed by atoms with Gasteiger partial charge in [-0.2, -0.15) is 0 Å². The molecule has 1 aromatic carbocycles. The van der Waals surface area contributed by atoms with Gasteiger partial charge in [-0.25, -0.2) is 9.97 Å². The van der Waals surface area contributed by atoms with Gasteiger partial charge in [-0.1, -0.05) is 12.1 Å². The van der Waals surface area contributed by atoms with Crippen molar-refractivity contribution in [3.05, 3.63) is 51.4 Å². The third-order valence-electron chi connectivity index (χ3n) is 4.45. The van der Waals surface area contributed by atoms with Crippen molar-refractivity contribution in [1.82, 2.24) is 14.9 Å². The van der Waals surface area contributed by atoms with Gasteiger partial charge in [-0.05, 0) is 48.8 Å². The number of carbonyl (C=O) groups is 1. The van der Waals surface area contributed by atoms with Crippen molar-refractivity contribution >= 4 is 27.7 Å². The Morgan fingerprint density at radius 1 is 1.04 bits per heavy atom. The average Bonchev–Trinajstić information content (AvgIpc) is 2.58. The van der Waals surface area contributed by atoms with Crippen LogP contribution in [0, 0.1) is 20.8 Å². The molecule has 0 aliphatic carbocycles. The molecule has 1 saturated heterocycles. The fraction of sp³-hybridized carbons (Fsp3) is 0.389. The number of anilines is 1. The van der Waals surface area contributed by atoms with E-state index >= 15 is 0 Å². The van der Waals surface area contributed by atoms with E-state index in [-0.39, 0.29) is 5.91 Å². The summed E-state index contributed by atoms with van der Waals surface area (Å²) in [5, 5.41) is 0. The Kier molecular flexibility index (Phi) is 4.85. The number of carbonyl (C=O) groups excluding carboxylic acids is 1. The number of hydrogen-bond donors (Lipinski definition) is 0. The maximum Gasteiger partial charge on any atom is 0.255 e. The molecule has 126 valence electrons. The minimum Gasteiger partial charge on any atom is -0.353 e. The molecular formula is C18H21BrN4O. The van der Waals surface area contributed by atoms with Gasteiger partial charge in [0.25, 0.3) is 5.91 Å². The summed E-state index contributed by atoms with van der Waals surface area (Å²) in [4.78, 5) is 25.9. The second-order valence-corrected chi connectivity index (χ2v) is 6.92. The lowest BCUT2D eigenvalue weighted by Gasteiger charge is -2.36. The summed E-state index contributed by atoms with van der Waals surface area (Å²) in [6.07, 6.45) is 0. The molecule has 1 aliphatic heterocycles. The van der Waals surface area contributed by atoms with Crippen LogP contribution in [0.2, 0.25) is 0 Å². The zero-order valence-electron chi connectivity index (χ0n) is 14.2. The molecule has 2 heterocycles. The zero-order chi connectivity index (χ0) is 17.3. The highest BCUT2D eigenvalue weighted by molar-refractivity contribution is 9.10. The van der Waals surface area contributed by atoms with E-state index in [2.05, 4.69) is 37.7 Å². The Bertz CT molecular complexity index is 770. The normalized spacial score (nSPS) is 14.8. The number of rotatable bonds is 2. The Labute approximate surface area is 150 Å². The van der Waals surface area contributed by atoms with E-state index in [1.165, 1.54) is 0 Å². The van der Waals surface area contributed by atoms with Gasteiger partial charge in [0.05, 0.1) is 5.56 Å². The van der Waals surface area contributed by atoms with Gasteiger partial charge in [0.1, 0.15) is 11.6 Å². The Hall–Kier alpha value is -1.95. The molecule has 6 heteroatoms. The molecule has 0 unspecified atom stereocenters. The Morgan fingerprint density at radius 3 is 2.38 bits per heavy atom. The lowest BCUT2D eigenvalue weighted by Crippen LogP contribution is -2.49. The molecule has 1 fully saturated rings. The van der Waals surface area contributed by atoms with Crippen LogP contribution in [0.25, 0.3) is 0 Å². The number of nitrogens with zero attached hydrogens (tertiary/aromatic N) is 4. The molecule has 0 radical (unpaired) electrons. The van der Waals surface area contributed by atoms with Crippen LogP contribution >= 0.6 is 15.9 Å². The van der Waals surface area contributed by atoms with Crippen molar-refractivity contribution in [2.24, 2.45) is 0 Å². The fourth-order valence-corrected chi connectivity index (χ4v) is 3.44. The van der Waals surface area contributed by atoms with Crippen LogP contribution in [0.1, 0.15) is 27.4 Å². The van der Waals surface area contributed by atoms with Gasteiger partial charge in [-0.15, -0.1) is 0 Å². The number of aromatic nitrogens is 2. The van der Waals surface area contributed by atoms with Gasteiger partial charge in [0.2, 0.25) is 0 Å². The van der Waals surface area contributed by atoms with Crippen LogP contribution in [0.5, 0.6) is 0 Å². The second-order valence-electron chi connectivity index (χ2n) is 6.06. The van der Waals surface area contributed by atoms with Crippen molar-refractivity contribution in [1.29, 1.82) is 0 Å². The van der Waals surface area contributed by atoms with Gasteiger partial charge in [0, 0.05) is 41.9 Å². The van der Waals surface area contributed by atoms with Crippen LogP contribution in [-0.2, 0) is 0 Å². The molecule has 24 heavy (non-hydrogen) atoms. The standard InChI is InChI=1S/C18H21BrN4O/c1-12-13(2)20-14(3)21-17(12)22-8-10-23(11-9-22)18(24)15-6-4-5-7-16(15)19/h4-7H,8-11H2,1-3H3. The summed E-state index contributed by atoms with van der Waals surface area (Å²) < 4.78 is 0.843. The SMILES string of the molecule is Cc1nc(C)c(C)c(N2CCN(C(=O)c3ccccc3Br)CC2)n1. The van der Waals surface area contributed by atoms with E-state index in [9.17, 15) is 4.79 Å². The molecule has 0 bridgehead atoms. The van der Waals surface area contributed by atoms with Crippen molar-refractivity contribution in [3.8, 4) is 0 Å². The van der Waals surface area contributed by atoms with E-state index in [1.807, 2.05) is 43.0 Å². The molecule has 1 aliphatic rings. The molecule has 0 N–H and O–H groups in total. The van der Waals surface area contributed by atoms with E-state index < -0.39 is 0 Å². The molecule has 2 aromatic rings. The molecule has 3 rings (SSSR count). The number of halogens is 1. The third kappa shape index (κ3) is 3.29. The molecule has 1 amide bonds. The molecular weight excluding hydrogens is 368 g/mol. The van der Waals surface area contributed by atoms with Crippen molar-refractivity contribution in [2.45, 2.75) is 20.8 Å². The van der Waals surface area contributed by atoms with Gasteiger partial charge >= 0.3 is 0 Å². The molecule has 0 spiro atoms. The quantitative estimate of drug-likeness (QED) is 0.792. The first-order chi connectivity index (χ1) is 11.5. The number of piperazine rings is 1. The molecule has 0 atom stereocenters. The molecule has 5 nitrogen and oxygen atoms in total. The summed E-state index contributed by atoms with van der Waals surface area (Å²) in [5.74, 6) is 1.86. The topological polar surface area (TPSA) is 49.3 Å². The number of benzene rings is 1. The predicted molar refractivity (Wildman–Crippen MR) is 98.5 cm³/mol. The number of hydrogen-bond acceptors (Lipinski definition) is 4. The first-order valence-corrected chi connectivity index (χ1v) is 8.87. The van der Waals surface area contributed by atoms with E-state index in [4.69, 9.17) is 0 Å². The monoisotopic (exact) mass is 388 g/mol. The maximum atomic E-state index is 12.7. The van der Waals surface area contributed by atoms with Crippen LogP contribution in [-0.4, -0.2) is 47.0 Å². The minimum absolute atomic E-state index is 0.0777. The van der Waals surface area contributed by atoms with Crippen molar-refractivity contribution in [3.63, 3.8) is 0 Å². The van der Waals surface area contributed by atoms with Gasteiger partial charge in [0.15, 0.2) is 0 Å². The smallest absolute Gasteiger partial charge is 0.255 e. The average molecular weight is 389 g/mol. The number of aryl methyl sites for hydroxylation is 2. The molecule has 1 aromatic heterocycles. The van der Waals surface area contributed by atoms with Crippen LogP contribution in [0.15, 0.2) is 28.7 Å². The van der Waals surface area contributed by atoms with Crippen LogP contribution < -0.4 is 4.90 Å². The zero-order valence-corrected chi connectivity index (χ0v) is 15.8. The summed E-state index contributed by atoms with van der Waals surface area (Å²) in [5.41, 5.74) is 2.85. The fourth-order valence-electron chi connectivity index (χ4n) is 2.98. The van der Waals surface area contributed by atoms with E-state index in [1.54, 1.807) is 0 Å². The lowest BCUT2D eigenvalue weighted by molar-refractivity contribution is 0.0745. The van der Waals surface area contributed by atoms with Crippen molar-refractivity contribution in [2.75, 3.05) is 31.1 Å². The number of amides is 1. The van der Waals surface area contributed by atoms with Crippen molar-refractivity contribution < 1.29 is 4.79 Å². The van der Waals surface area contributed by atoms with Crippen LogP contribution in [0.3, 0.4) is 0 Å². The third-order valence-corrected chi connectivity index (χ3v) is 5.14. The summed E-state index contributed by atoms with van der Waals surface area (Å²) in [6.45, 7) is 8.95. The Balaban J connectivity index is 1.73. The molecule has 0 saturated carbocycles. The van der Waals surface area contributed by atoms with Gasteiger partial charge < -0.3 is 9.80 Å². The lowest BCUT2D eigenvalue weighted by atomic mass is 10.1. The highest BCUT2D eigenvalue weighted by Crippen LogP contribution is 2.23. The maximum absolute atomic E-state index is 12.7. The summed E-state index contributed by atoms with van der Waals surface area (Å²) in [7, 11) is 0. The first kappa shape index (κ1) is 16.9. The highest BCUT2D eigenvalue weighted by Gasteiger charge is 2.25. The summed E-state index contributed by atoms with van der Waals surface area (Å²) >= 11 is 3.46. The first-order valence-electron chi connectivity index (χ1n) is 8.08. The predicted octanol–water partition coefficient (Wildman–Crippen LogP) is 3.13.